The van der Waals surface area contributed by atoms with Crippen LogP contribution in [-0.2, 0) is 22.7 Å². The third-order valence-electron chi connectivity index (χ3n) is 4.10. The van der Waals surface area contributed by atoms with Crippen molar-refractivity contribution in [1.82, 2.24) is 5.32 Å². The number of cyclic esters (lactones) is 2. The van der Waals surface area contributed by atoms with E-state index in [-0.39, 0.29) is 36.6 Å². The molecule has 0 spiro atoms. The zero-order chi connectivity index (χ0) is 19.6. The van der Waals surface area contributed by atoms with Gasteiger partial charge in [0.05, 0.1) is 16.7 Å². The normalized spacial score (nSPS) is 13.5. The molecule has 2 aromatic rings. The van der Waals surface area contributed by atoms with Gasteiger partial charge in [0.1, 0.15) is 13.2 Å². The number of carboxylic acids is 1. The summed E-state index contributed by atoms with van der Waals surface area (Å²) < 4.78 is 9.55. The summed E-state index contributed by atoms with van der Waals surface area (Å²) in [4.78, 5) is 43.9. The molecule has 4 rings (SSSR count). The molecule has 2 aromatic carbocycles. The Hall–Kier alpha value is -3.68. The van der Waals surface area contributed by atoms with Crippen LogP contribution < -0.4 is 5.32 Å². The van der Waals surface area contributed by atoms with Gasteiger partial charge in [-0.3, -0.25) is 4.79 Å². The first-order valence-corrected chi connectivity index (χ1v) is 7.96. The van der Waals surface area contributed by atoms with E-state index in [0.29, 0.717) is 22.3 Å². The van der Waals surface area contributed by atoms with E-state index < -0.39 is 5.97 Å². The predicted molar refractivity (Wildman–Crippen MR) is 91.5 cm³/mol. The Balaban J connectivity index is 0.000000156. The van der Waals surface area contributed by atoms with Gasteiger partial charge < -0.3 is 19.9 Å². The summed E-state index contributed by atoms with van der Waals surface area (Å²) in [6, 6.07) is 9.25. The van der Waals surface area contributed by atoms with Gasteiger partial charge in [-0.05, 0) is 36.4 Å². The zero-order valence-electron chi connectivity index (χ0n) is 14.3. The predicted octanol–water partition coefficient (Wildman–Crippen LogP) is 1.77. The third-order valence-corrected chi connectivity index (χ3v) is 4.10. The number of carbonyl (C=O) groups is 4. The lowest BCUT2D eigenvalue weighted by atomic mass is 10.1. The number of carboxylic acid groups (broad SMARTS) is 1. The minimum Gasteiger partial charge on any atom is -0.478 e. The number of hydrogen-bond donors (Lipinski definition) is 2. The summed E-state index contributed by atoms with van der Waals surface area (Å²) in [7, 11) is 1.57. The van der Waals surface area contributed by atoms with Crippen LogP contribution in [0.3, 0.4) is 0 Å². The van der Waals surface area contributed by atoms with Crippen LogP contribution in [0.4, 0.5) is 0 Å². The molecule has 1 amide bonds. The monoisotopic (exact) mass is 369 g/mol. The first-order valence-electron chi connectivity index (χ1n) is 7.96. The molecular weight excluding hydrogens is 354 g/mol. The summed E-state index contributed by atoms with van der Waals surface area (Å²) in [5.41, 5.74) is 3.16. The quantitative estimate of drug-likeness (QED) is 0.774. The molecule has 2 N–H and O–H groups in total. The zero-order valence-corrected chi connectivity index (χ0v) is 14.3. The third kappa shape index (κ3) is 3.64. The Kier molecular flexibility index (Phi) is 4.89. The second-order valence-electron chi connectivity index (χ2n) is 5.78. The number of amides is 1. The van der Waals surface area contributed by atoms with E-state index in [2.05, 4.69) is 5.32 Å². The molecule has 8 heteroatoms. The minimum atomic E-state index is -0.998. The van der Waals surface area contributed by atoms with Gasteiger partial charge in [-0.25, -0.2) is 14.4 Å². The van der Waals surface area contributed by atoms with Crippen LogP contribution in [0.25, 0.3) is 0 Å². The molecule has 0 atom stereocenters. The van der Waals surface area contributed by atoms with E-state index in [1.807, 2.05) is 0 Å². The van der Waals surface area contributed by atoms with Crippen molar-refractivity contribution in [2.45, 2.75) is 13.2 Å². The highest BCUT2D eigenvalue weighted by Crippen LogP contribution is 2.21. The number of ether oxygens (including phenoxy) is 2. The fourth-order valence-electron chi connectivity index (χ4n) is 2.69. The van der Waals surface area contributed by atoms with Crippen LogP contribution in [0.15, 0.2) is 36.4 Å². The molecule has 2 aliphatic heterocycles. The molecule has 0 saturated heterocycles. The van der Waals surface area contributed by atoms with Crippen molar-refractivity contribution in [3.8, 4) is 0 Å². The molecule has 0 unspecified atom stereocenters. The molecule has 0 radical (unpaired) electrons. The van der Waals surface area contributed by atoms with Crippen LogP contribution in [0, 0.1) is 0 Å². The summed E-state index contributed by atoms with van der Waals surface area (Å²) >= 11 is 0. The Labute approximate surface area is 153 Å². The van der Waals surface area contributed by atoms with E-state index >= 15 is 0 Å². The summed E-state index contributed by atoms with van der Waals surface area (Å²) in [5, 5.41) is 11.2. The van der Waals surface area contributed by atoms with Gasteiger partial charge in [0, 0.05) is 23.7 Å². The second-order valence-corrected chi connectivity index (χ2v) is 5.78. The van der Waals surface area contributed by atoms with Crippen LogP contribution in [0.5, 0.6) is 0 Å². The Morgan fingerprint density at radius 1 is 0.889 bits per heavy atom. The fourth-order valence-corrected chi connectivity index (χ4v) is 2.69. The number of aromatic carboxylic acids is 1. The molecule has 138 valence electrons. The standard InChI is InChI=1S/C10H9NO3.C9H6O4/c1-11-9(12)6-2-3-8-7(4-6)5-14-10(8)13;10-8(11)5-1-2-7-6(3-5)4-13-9(7)12/h2-4H,5H2,1H3,(H,11,12);1-3H,4H2,(H,10,11). The summed E-state index contributed by atoms with van der Waals surface area (Å²) in [6.45, 7) is 0.439. The number of hydrogen-bond acceptors (Lipinski definition) is 6. The van der Waals surface area contributed by atoms with Gasteiger partial charge in [0.25, 0.3) is 5.91 Å². The van der Waals surface area contributed by atoms with Gasteiger partial charge in [-0.2, -0.15) is 0 Å². The van der Waals surface area contributed by atoms with Gasteiger partial charge >= 0.3 is 17.9 Å². The highest BCUT2D eigenvalue weighted by molar-refractivity contribution is 5.98. The highest BCUT2D eigenvalue weighted by atomic mass is 16.5. The molecule has 0 aromatic heterocycles. The Morgan fingerprint density at radius 2 is 1.37 bits per heavy atom. The number of rotatable bonds is 2. The van der Waals surface area contributed by atoms with Crippen molar-refractivity contribution < 1.29 is 33.8 Å². The lowest BCUT2D eigenvalue weighted by molar-refractivity contribution is 0.0526. The number of benzene rings is 2. The van der Waals surface area contributed by atoms with Gasteiger partial charge in [0.15, 0.2) is 0 Å². The fraction of sp³-hybridized carbons (Fsp3) is 0.158. The van der Waals surface area contributed by atoms with E-state index in [9.17, 15) is 19.2 Å². The lowest BCUT2D eigenvalue weighted by Crippen LogP contribution is -2.17. The number of esters is 2. The lowest BCUT2D eigenvalue weighted by Gasteiger charge is -2.00. The maximum Gasteiger partial charge on any atom is 0.338 e. The van der Waals surface area contributed by atoms with Crippen molar-refractivity contribution in [1.29, 1.82) is 0 Å². The number of nitrogens with one attached hydrogen (secondary N) is 1. The average molecular weight is 369 g/mol. The van der Waals surface area contributed by atoms with Crippen molar-refractivity contribution in [3.63, 3.8) is 0 Å². The van der Waals surface area contributed by atoms with Gasteiger partial charge in [0.2, 0.25) is 0 Å². The van der Waals surface area contributed by atoms with Crippen LogP contribution in [-0.4, -0.2) is 36.0 Å². The van der Waals surface area contributed by atoms with Crippen molar-refractivity contribution in [2.24, 2.45) is 0 Å². The number of carbonyl (C=O) groups excluding carboxylic acids is 3. The van der Waals surface area contributed by atoms with E-state index in [4.69, 9.17) is 14.6 Å². The molecule has 0 bridgehead atoms. The molecule has 2 heterocycles. The SMILES string of the molecule is CNC(=O)c1ccc2c(c1)COC2=O.O=C(O)c1ccc2c(c1)COC2=O. The molecule has 27 heavy (non-hydrogen) atoms. The first-order chi connectivity index (χ1) is 12.9. The maximum atomic E-state index is 11.3. The molecular formula is C19H15NO7. The topological polar surface area (TPSA) is 119 Å². The molecule has 8 nitrogen and oxygen atoms in total. The van der Waals surface area contributed by atoms with Gasteiger partial charge in [-0.15, -0.1) is 0 Å². The van der Waals surface area contributed by atoms with Crippen LogP contribution >= 0.6 is 0 Å². The van der Waals surface area contributed by atoms with Crippen molar-refractivity contribution in [3.05, 3.63) is 69.8 Å². The van der Waals surface area contributed by atoms with Crippen LogP contribution in [0.2, 0.25) is 0 Å². The highest BCUT2D eigenvalue weighted by Gasteiger charge is 2.22. The molecule has 0 saturated carbocycles. The van der Waals surface area contributed by atoms with Crippen molar-refractivity contribution >= 4 is 23.8 Å². The summed E-state index contributed by atoms with van der Waals surface area (Å²) in [5.74, 6) is -1.86. The van der Waals surface area contributed by atoms with Gasteiger partial charge in [-0.1, -0.05) is 0 Å². The van der Waals surface area contributed by atoms with E-state index in [1.165, 1.54) is 18.2 Å². The Morgan fingerprint density at radius 3 is 1.85 bits per heavy atom. The van der Waals surface area contributed by atoms with Crippen molar-refractivity contribution in [2.75, 3.05) is 7.05 Å². The van der Waals surface area contributed by atoms with E-state index in [1.54, 1.807) is 25.2 Å². The average Bonchev–Trinajstić information content (AvgIpc) is 3.24. The second kappa shape index (κ2) is 7.28. The first kappa shape index (κ1) is 18.1. The number of fused-ring (bicyclic) bond motifs is 2. The molecule has 2 aliphatic rings. The van der Waals surface area contributed by atoms with E-state index in [0.717, 1.165) is 5.56 Å². The van der Waals surface area contributed by atoms with Crippen LogP contribution in [0.1, 0.15) is 52.6 Å². The minimum absolute atomic E-state index is 0.160. The Bertz CT molecular complexity index is 965. The smallest absolute Gasteiger partial charge is 0.338 e. The molecule has 0 fully saturated rings. The largest absolute Gasteiger partial charge is 0.478 e. The molecule has 0 aliphatic carbocycles. The maximum absolute atomic E-state index is 11.3. The summed E-state index contributed by atoms with van der Waals surface area (Å²) in [6.07, 6.45) is 0.